The fraction of sp³-hybridized carbons (Fsp3) is 0.300. The van der Waals surface area contributed by atoms with Gasteiger partial charge >= 0.3 is 0 Å². The van der Waals surface area contributed by atoms with Gasteiger partial charge in [-0.1, -0.05) is 11.6 Å². The minimum absolute atomic E-state index is 0.200. The third-order valence-electron chi connectivity index (χ3n) is 1.90. The molecular formula is C10H10ClNO. The van der Waals surface area contributed by atoms with E-state index in [1.54, 1.807) is 0 Å². The first kappa shape index (κ1) is 8.57. The maximum Gasteiger partial charge on any atom is 0.216 e. The van der Waals surface area contributed by atoms with Gasteiger partial charge in [0.05, 0.1) is 6.54 Å². The van der Waals surface area contributed by atoms with Crippen LogP contribution in [0, 0.1) is 0 Å². The van der Waals surface area contributed by atoms with E-state index in [0.717, 1.165) is 23.0 Å². The molecule has 1 heterocycles. The van der Waals surface area contributed by atoms with E-state index in [2.05, 4.69) is 4.99 Å². The van der Waals surface area contributed by atoms with Gasteiger partial charge in [0.15, 0.2) is 0 Å². The van der Waals surface area contributed by atoms with Gasteiger partial charge in [-0.3, -0.25) is 0 Å². The molecule has 1 aliphatic rings. The summed E-state index contributed by atoms with van der Waals surface area (Å²) in [5, 5.41) is 0.732. The van der Waals surface area contributed by atoms with E-state index in [-0.39, 0.29) is 6.10 Å². The smallest absolute Gasteiger partial charge is 0.216 e. The first-order valence-corrected chi connectivity index (χ1v) is 4.60. The normalized spacial score (nSPS) is 21.1. The zero-order chi connectivity index (χ0) is 9.26. The molecule has 0 fully saturated rings. The highest BCUT2D eigenvalue weighted by atomic mass is 35.5. The third kappa shape index (κ3) is 1.83. The molecule has 0 amide bonds. The largest absolute Gasteiger partial charge is 0.472 e. The number of halogens is 1. The topological polar surface area (TPSA) is 21.6 Å². The van der Waals surface area contributed by atoms with Crippen LogP contribution >= 0.6 is 11.6 Å². The van der Waals surface area contributed by atoms with Crippen LogP contribution < -0.4 is 0 Å². The zero-order valence-corrected chi connectivity index (χ0v) is 8.08. The number of nitrogens with zero attached hydrogens (tertiary/aromatic N) is 1. The van der Waals surface area contributed by atoms with Crippen LogP contribution in [0.5, 0.6) is 0 Å². The summed E-state index contributed by atoms with van der Waals surface area (Å²) in [5.41, 5.74) is 0.994. The highest BCUT2D eigenvalue weighted by Gasteiger charge is 2.15. The Hall–Kier alpha value is -1.02. The van der Waals surface area contributed by atoms with E-state index in [1.807, 2.05) is 31.2 Å². The van der Waals surface area contributed by atoms with E-state index >= 15 is 0 Å². The predicted molar refractivity (Wildman–Crippen MR) is 53.4 cm³/mol. The van der Waals surface area contributed by atoms with Crippen LogP contribution in [0.25, 0.3) is 0 Å². The summed E-state index contributed by atoms with van der Waals surface area (Å²) in [6, 6.07) is 7.51. The molecule has 2 nitrogen and oxygen atoms in total. The Morgan fingerprint density at radius 3 is 2.62 bits per heavy atom. The van der Waals surface area contributed by atoms with Crippen molar-refractivity contribution in [2.75, 3.05) is 6.54 Å². The fourth-order valence-corrected chi connectivity index (χ4v) is 1.35. The molecular weight excluding hydrogens is 186 g/mol. The molecule has 0 aromatic heterocycles. The standard InChI is InChI=1S/C10H10ClNO/c1-7-6-12-10(13-7)8-2-4-9(11)5-3-8/h2-5,7H,6H2,1H3/t7-/m0/s1. The first-order chi connectivity index (χ1) is 6.25. The lowest BCUT2D eigenvalue weighted by atomic mass is 10.2. The minimum atomic E-state index is 0.200. The summed E-state index contributed by atoms with van der Waals surface area (Å²) in [6.45, 7) is 2.75. The molecule has 0 aliphatic carbocycles. The lowest BCUT2D eigenvalue weighted by molar-refractivity contribution is 0.246. The van der Waals surface area contributed by atoms with E-state index in [0.29, 0.717) is 0 Å². The minimum Gasteiger partial charge on any atom is -0.472 e. The van der Waals surface area contributed by atoms with E-state index < -0.39 is 0 Å². The number of ether oxygens (including phenoxy) is 1. The third-order valence-corrected chi connectivity index (χ3v) is 2.15. The Morgan fingerprint density at radius 1 is 1.38 bits per heavy atom. The highest BCUT2D eigenvalue weighted by Crippen LogP contribution is 2.14. The van der Waals surface area contributed by atoms with Crippen molar-refractivity contribution in [2.24, 2.45) is 4.99 Å². The number of hydrogen-bond acceptors (Lipinski definition) is 2. The lowest BCUT2D eigenvalue weighted by Crippen LogP contribution is -2.08. The highest BCUT2D eigenvalue weighted by molar-refractivity contribution is 6.30. The molecule has 1 aliphatic heterocycles. The monoisotopic (exact) mass is 195 g/mol. The van der Waals surface area contributed by atoms with Crippen molar-refractivity contribution in [1.29, 1.82) is 0 Å². The molecule has 0 N–H and O–H groups in total. The molecule has 68 valence electrons. The van der Waals surface area contributed by atoms with Crippen molar-refractivity contribution in [3.8, 4) is 0 Å². The van der Waals surface area contributed by atoms with Crippen molar-refractivity contribution in [3.63, 3.8) is 0 Å². The number of benzene rings is 1. The molecule has 1 aromatic carbocycles. The van der Waals surface area contributed by atoms with Crippen LogP contribution in [0.4, 0.5) is 0 Å². The number of aliphatic imine (C=N–C) groups is 1. The molecule has 0 spiro atoms. The summed E-state index contributed by atoms with van der Waals surface area (Å²) in [6.07, 6.45) is 0.200. The Labute approximate surface area is 82.2 Å². The van der Waals surface area contributed by atoms with Crippen molar-refractivity contribution >= 4 is 17.5 Å². The summed E-state index contributed by atoms with van der Waals surface area (Å²) < 4.78 is 5.49. The summed E-state index contributed by atoms with van der Waals surface area (Å²) in [5.74, 6) is 0.726. The van der Waals surface area contributed by atoms with Gasteiger partial charge in [0.2, 0.25) is 5.90 Å². The summed E-state index contributed by atoms with van der Waals surface area (Å²) in [7, 11) is 0. The molecule has 1 aromatic rings. The van der Waals surface area contributed by atoms with Crippen molar-refractivity contribution in [2.45, 2.75) is 13.0 Å². The van der Waals surface area contributed by atoms with Crippen molar-refractivity contribution in [3.05, 3.63) is 34.9 Å². The molecule has 0 bridgehead atoms. The zero-order valence-electron chi connectivity index (χ0n) is 7.33. The maximum absolute atomic E-state index is 5.77. The van der Waals surface area contributed by atoms with Gasteiger partial charge in [-0.25, -0.2) is 4.99 Å². The molecule has 3 heteroatoms. The van der Waals surface area contributed by atoms with Crippen LogP contribution in [0.2, 0.25) is 5.02 Å². The average molecular weight is 196 g/mol. The van der Waals surface area contributed by atoms with Crippen LogP contribution in [-0.2, 0) is 4.74 Å². The number of rotatable bonds is 1. The van der Waals surface area contributed by atoms with Crippen molar-refractivity contribution < 1.29 is 4.74 Å². The molecule has 1 atom stereocenters. The molecule has 13 heavy (non-hydrogen) atoms. The van der Waals surface area contributed by atoms with Gasteiger partial charge in [-0.15, -0.1) is 0 Å². The quantitative estimate of drug-likeness (QED) is 0.675. The number of hydrogen-bond donors (Lipinski definition) is 0. The lowest BCUT2D eigenvalue weighted by Gasteiger charge is -2.04. The van der Waals surface area contributed by atoms with Gasteiger partial charge in [-0.2, -0.15) is 0 Å². The first-order valence-electron chi connectivity index (χ1n) is 4.23. The SMILES string of the molecule is C[C@H]1CN=C(c2ccc(Cl)cc2)O1. The van der Waals surface area contributed by atoms with Gasteiger partial charge < -0.3 is 4.74 Å². The molecule has 0 saturated heterocycles. The van der Waals surface area contributed by atoms with E-state index in [9.17, 15) is 0 Å². The Bertz CT molecular complexity index is 331. The van der Waals surface area contributed by atoms with Crippen LogP contribution in [0.15, 0.2) is 29.3 Å². The molecule has 2 rings (SSSR count). The predicted octanol–water partition coefficient (Wildman–Crippen LogP) is 2.51. The molecule has 0 unspecified atom stereocenters. The Kier molecular flexibility index (Phi) is 2.23. The molecule has 0 saturated carbocycles. The second-order valence-corrected chi connectivity index (χ2v) is 3.52. The second-order valence-electron chi connectivity index (χ2n) is 3.08. The molecule has 0 radical (unpaired) electrons. The van der Waals surface area contributed by atoms with E-state index in [4.69, 9.17) is 16.3 Å². The van der Waals surface area contributed by atoms with Gasteiger partial charge in [0.1, 0.15) is 6.10 Å². The van der Waals surface area contributed by atoms with Crippen LogP contribution in [0.3, 0.4) is 0 Å². The summed E-state index contributed by atoms with van der Waals surface area (Å²) in [4.78, 5) is 4.27. The Balaban J connectivity index is 2.22. The van der Waals surface area contributed by atoms with Crippen LogP contribution in [0.1, 0.15) is 12.5 Å². The summed E-state index contributed by atoms with van der Waals surface area (Å²) >= 11 is 5.77. The van der Waals surface area contributed by atoms with Gasteiger partial charge in [0, 0.05) is 10.6 Å². The average Bonchev–Trinajstić information content (AvgIpc) is 2.53. The maximum atomic E-state index is 5.77. The Morgan fingerprint density at radius 2 is 2.08 bits per heavy atom. The van der Waals surface area contributed by atoms with Gasteiger partial charge in [-0.05, 0) is 31.2 Å². The van der Waals surface area contributed by atoms with E-state index in [1.165, 1.54) is 0 Å². The van der Waals surface area contributed by atoms with Crippen molar-refractivity contribution in [1.82, 2.24) is 0 Å². The van der Waals surface area contributed by atoms with Gasteiger partial charge in [0.25, 0.3) is 0 Å². The van der Waals surface area contributed by atoms with Crippen LogP contribution in [-0.4, -0.2) is 18.5 Å². The fourth-order valence-electron chi connectivity index (χ4n) is 1.23. The second kappa shape index (κ2) is 3.38.